The summed E-state index contributed by atoms with van der Waals surface area (Å²) in [7, 11) is 0. The second kappa shape index (κ2) is 8.24. The van der Waals surface area contributed by atoms with Crippen LogP contribution in [0.4, 0.5) is 0 Å². The highest BCUT2D eigenvalue weighted by Gasteiger charge is 2.42. The molecule has 160 valence electrons. The highest BCUT2D eigenvalue weighted by molar-refractivity contribution is 5.99. The summed E-state index contributed by atoms with van der Waals surface area (Å²) >= 11 is 0. The number of hydrogen-bond acceptors (Lipinski definition) is 6. The number of benzene rings is 1. The van der Waals surface area contributed by atoms with Crippen molar-refractivity contribution in [3.63, 3.8) is 0 Å². The molecular weight excluding hydrogens is 394 g/mol. The van der Waals surface area contributed by atoms with E-state index in [-0.39, 0.29) is 17.1 Å². The summed E-state index contributed by atoms with van der Waals surface area (Å²) < 4.78 is 11.4. The molecule has 3 aromatic rings. The molecular formula is C24H25N3O4. The van der Waals surface area contributed by atoms with Gasteiger partial charge in [-0.2, -0.15) is 0 Å². The molecule has 1 amide bonds. The maximum Gasteiger partial charge on any atom is 0.290 e. The molecule has 0 unspecified atom stereocenters. The van der Waals surface area contributed by atoms with Gasteiger partial charge >= 0.3 is 0 Å². The molecule has 2 aliphatic heterocycles. The summed E-state index contributed by atoms with van der Waals surface area (Å²) in [4.78, 5) is 35.1. The summed E-state index contributed by atoms with van der Waals surface area (Å²) in [6.45, 7) is 6.68. The lowest BCUT2D eigenvalue weighted by Crippen LogP contribution is -2.38. The van der Waals surface area contributed by atoms with Gasteiger partial charge in [0.1, 0.15) is 5.58 Å². The smallest absolute Gasteiger partial charge is 0.290 e. The molecule has 31 heavy (non-hydrogen) atoms. The number of nitrogens with zero attached hydrogens (tertiary/aromatic N) is 3. The number of morpholine rings is 1. The van der Waals surface area contributed by atoms with Gasteiger partial charge in [-0.3, -0.25) is 19.5 Å². The molecule has 0 N–H and O–H groups in total. The first-order valence-corrected chi connectivity index (χ1v) is 10.7. The third-order valence-corrected chi connectivity index (χ3v) is 6.12. The zero-order chi connectivity index (χ0) is 21.4. The van der Waals surface area contributed by atoms with Crippen molar-refractivity contribution < 1.29 is 13.9 Å². The number of amides is 1. The molecule has 5 rings (SSSR count). The van der Waals surface area contributed by atoms with Crippen molar-refractivity contribution in [3.05, 3.63) is 75.4 Å². The quantitative estimate of drug-likeness (QED) is 0.633. The van der Waals surface area contributed by atoms with E-state index in [4.69, 9.17) is 9.15 Å². The van der Waals surface area contributed by atoms with Crippen molar-refractivity contribution in [1.82, 2.24) is 14.8 Å². The zero-order valence-electron chi connectivity index (χ0n) is 17.5. The van der Waals surface area contributed by atoms with Crippen LogP contribution in [0, 0.1) is 6.92 Å². The lowest BCUT2D eigenvalue weighted by atomic mass is 9.99. The van der Waals surface area contributed by atoms with Gasteiger partial charge in [-0.1, -0.05) is 11.6 Å². The van der Waals surface area contributed by atoms with Crippen molar-refractivity contribution in [3.8, 4) is 0 Å². The molecule has 7 nitrogen and oxygen atoms in total. The van der Waals surface area contributed by atoms with Crippen molar-refractivity contribution in [2.45, 2.75) is 19.4 Å². The molecule has 0 spiro atoms. The van der Waals surface area contributed by atoms with Crippen molar-refractivity contribution in [1.29, 1.82) is 0 Å². The fourth-order valence-corrected chi connectivity index (χ4v) is 4.55. The van der Waals surface area contributed by atoms with E-state index in [1.54, 1.807) is 23.4 Å². The molecule has 1 saturated heterocycles. The molecule has 2 aliphatic rings. The molecule has 1 fully saturated rings. The molecule has 1 atom stereocenters. The van der Waals surface area contributed by atoms with Crippen LogP contribution in [0.15, 0.2) is 51.9 Å². The topological polar surface area (TPSA) is 75.9 Å². The number of pyridine rings is 1. The molecule has 1 aromatic carbocycles. The first-order valence-electron chi connectivity index (χ1n) is 10.7. The predicted molar refractivity (Wildman–Crippen MR) is 116 cm³/mol. The van der Waals surface area contributed by atoms with Crippen molar-refractivity contribution >= 4 is 16.9 Å². The maximum atomic E-state index is 13.5. The van der Waals surface area contributed by atoms with Crippen LogP contribution in [0.2, 0.25) is 0 Å². The summed E-state index contributed by atoms with van der Waals surface area (Å²) in [5, 5.41) is 0.515. The average molecular weight is 419 g/mol. The first kappa shape index (κ1) is 19.9. The Balaban J connectivity index is 1.52. The van der Waals surface area contributed by atoms with E-state index in [1.807, 2.05) is 31.2 Å². The highest BCUT2D eigenvalue weighted by atomic mass is 16.5. The van der Waals surface area contributed by atoms with E-state index < -0.39 is 6.04 Å². The SMILES string of the molecule is Cc1ccc2oc3c(c(=O)c2c1)[C@@H](c1ccncc1)N(CCCN1CCOCC1)C3=O. The van der Waals surface area contributed by atoms with Crippen LogP contribution < -0.4 is 5.43 Å². The fourth-order valence-electron chi connectivity index (χ4n) is 4.55. The third kappa shape index (κ3) is 3.64. The van der Waals surface area contributed by atoms with Gasteiger partial charge in [-0.25, -0.2) is 0 Å². The Bertz CT molecular complexity index is 1170. The third-order valence-electron chi connectivity index (χ3n) is 6.12. The van der Waals surface area contributed by atoms with Gasteiger partial charge in [0.15, 0.2) is 5.43 Å². The minimum atomic E-state index is -0.462. The number of ether oxygens (including phenoxy) is 1. The van der Waals surface area contributed by atoms with Crippen molar-refractivity contribution in [2.24, 2.45) is 0 Å². The van der Waals surface area contributed by atoms with Gasteiger partial charge in [-0.15, -0.1) is 0 Å². The van der Waals surface area contributed by atoms with Crippen molar-refractivity contribution in [2.75, 3.05) is 39.4 Å². The van der Waals surface area contributed by atoms with Crippen LogP contribution >= 0.6 is 0 Å². The van der Waals surface area contributed by atoms with Crippen LogP contribution in [-0.2, 0) is 4.74 Å². The number of carbonyl (C=O) groups is 1. The van der Waals surface area contributed by atoms with Crippen LogP contribution in [0.3, 0.4) is 0 Å². The van der Waals surface area contributed by atoms with Crippen LogP contribution in [0.5, 0.6) is 0 Å². The largest absolute Gasteiger partial charge is 0.450 e. The molecule has 2 aromatic heterocycles. The minimum absolute atomic E-state index is 0.134. The van der Waals surface area contributed by atoms with Crippen LogP contribution in [0.25, 0.3) is 11.0 Å². The van der Waals surface area contributed by atoms with E-state index >= 15 is 0 Å². The monoisotopic (exact) mass is 419 g/mol. The van der Waals surface area contributed by atoms with E-state index in [1.165, 1.54) is 0 Å². The fraction of sp³-hybridized carbons (Fsp3) is 0.375. The van der Waals surface area contributed by atoms with Gasteiger partial charge in [-0.05, 0) is 43.2 Å². The maximum absolute atomic E-state index is 13.5. The Morgan fingerprint density at radius 3 is 2.61 bits per heavy atom. The number of aromatic nitrogens is 1. The van der Waals surface area contributed by atoms with E-state index in [2.05, 4.69) is 9.88 Å². The second-order valence-corrected chi connectivity index (χ2v) is 8.16. The van der Waals surface area contributed by atoms with E-state index in [0.29, 0.717) is 23.1 Å². The van der Waals surface area contributed by atoms with Gasteiger partial charge < -0.3 is 14.1 Å². The minimum Gasteiger partial charge on any atom is -0.450 e. The summed E-state index contributed by atoms with van der Waals surface area (Å²) in [5.74, 6) is -0.0621. The molecule has 0 radical (unpaired) electrons. The van der Waals surface area contributed by atoms with Crippen LogP contribution in [0.1, 0.15) is 39.7 Å². The van der Waals surface area contributed by atoms with Gasteiger partial charge in [0, 0.05) is 38.6 Å². The zero-order valence-corrected chi connectivity index (χ0v) is 17.5. The normalized spacial score (nSPS) is 19.2. The Hall–Kier alpha value is -3.03. The standard InChI is InChI=1S/C24H25N3O4/c1-16-3-4-19-18(15-16)22(28)20-21(17-5-7-25-8-6-17)27(24(29)23(20)31-19)10-2-9-26-11-13-30-14-12-26/h3-8,15,21H,2,9-14H2,1H3/t21-/m1/s1. The lowest BCUT2D eigenvalue weighted by Gasteiger charge is -2.29. The summed E-state index contributed by atoms with van der Waals surface area (Å²) in [5.41, 5.74) is 2.59. The Morgan fingerprint density at radius 2 is 1.84 bits per heavy atom. The number of fused-ring (bicyclic) bond motifs is 2. The predicted octanol–water partition coefficient (Wildman–Crippen LogP) is 2.76. The summed E-state index contributed by atoms with van der Waals surface area (Å²) in [6.07, 6.45) is 4.20. The Morgan fingerprint density at radius 1 is 1.06 bits per heavy atom. The summed E-state index contributed by atoms with van der Waals surface area (Å²) in [6, 6.07) is 8.75. The average Bonchev–Trinajstić information content (AvgIpc) is 3.08. The highest BCUT2D eigenvalue weighted by Crippen LogP contribution is 2.38. The van der Waals surface area contributed by atoms with E-state index in [0.717, 1.165) is 50.4 Å². The number of hydrogen-bond donors (Lipinski definition) is 0. The first-order chi connectivity index (χ1) is 15.1. The molecule has 0 bridgehead atoms. The number of carbonyl (C=O) groups excluding carboxylic acids is 1. The Kier molecular flexibility index (Phi) is 5.29. The molecule has 0 saturated carbocycles. The molecule has 7 heteroatoms. The van der Waals surface area contributed by atoms with Gasteiger partial charge in [0.2, 0.25) is 5.76 Å². The molecule has 4 heterocycles. The van der Waals surface area contributed by atoms with Gasteiger partial charge in [0.25, 0.3) is 5.91 Å². The van der Waals surface area contributed by atoms with Gasteiger partial charge in [0.05, 0.1) is 30.2 Å². The molecule has 0 aliphatic carbocycles. The Labute approximate surface area is 180 Å². The number of aryl methyl sites for hydroxylation is 1. The lowest BCUT2D eigenvalue weighted by molar-refractivity contribution is 0.0353. The number of rotatable bonds is 5. The van der Waals surface area contributed by atoms with E-state index in [9.17, 15) is 9.59 Å². The second-order valence-electron chi connectivity index (χ2n) is 8.16. The van der Waals surface area contributed by atoms with Crippen LogP contribution in [-0.4, -0.2) is 60.1 Å².